The molecule has 1 aromatic rings. The summed E-state index contributed by atoms with van der Waals surface area (Å²) < 4.78 is 2.32. The Bertz CT molecular complexity index is 600. The normalized spacial score (nSPS) is 14.3. The second-order valence-electron chi connectivity index (χ2n) is 4.92. The summed E-state index contributed by atoms with van der Waals surface area (Å²) in [6.07, 6.45) is 3.43. The first-order valence-electron chi connectivity index (χ1n) is 6.88. The Morgan fingerprint density at radius 1 is 1.45 bits per heavy atom. The number of hydrogen-bond donors (Lipinski definition) is 1. The third-order valence-corrected chi connectivity index (χ3v) is 3.45. The molecule has 2 N–H and O–H groups in total. The molecule has 1 aliphatic rings. The second kappa shape index (κ2) is 6.04. The van der Waals surface area contributed by atoms with Crippen LogP contribution < -0.4 is 17.0 Å². The van der Waals surface area contributed by atoms with Crippen molar-refractivity contribution in [1.29, 1.82) is 0 Å². The highest BCUT2D eigenvalue weighted by molar-refractivity contribution is 5.76. The largest absolute Gasteiger partial charge is 0.338 e. The average Bonchev–Trinajstić information content (AvgIpc) is 3.23. The van der Waals surface area contributed by atoms with E-state index in [1.165, 1.54) is 16.8 Å². The van der Waals surface area contributed by atoms with Gasteiger partial charge in [-0.25, -0.2) is 4.79 Å². The lowest BCUT2D eigenvalue weighted by atomic mass is 10.4. The molecule has 7 heteroatoms. The molecule has 110 valence electrons. The van der Waals surface area contributed by atoms with Crippen molar-refractivity contribution in [2.24, 2.45) is 5.73 Å². The van der Waals surface area contributed by atoms with E-state index in [9.17, 15) is 14.4 Å². The van der Waals surface area contributed by atoms with E-state index < -0.39 is 11.2 Å². The molecule has 1 fully saturated rings. The van der Waals surface area contributed by atoms with Gasteiger partial charge in [0, 0.05) is 37.9 Å². The molecule has 0 unspecified atom stereocenters. The lowest BCUT2D eigenvalue weighted by Crippen LogP contribution is -2.44. The maximum absolute atomic E-state index is 12.2. The Morgan fingerprint density at radius 3 is 2.70 bits per heavy atom. The Labute approximate surface area is 116 Å². The van der Waals surface area contributed by atoms with E-state index >= 15 is 0 Å². The Kier molecular flexibility index (Phi) is 4.39. The first-order valence-corrected chi connectivity index (χ1v) is 6.88. The first-order chi connectivity index (χ1) is 9.58. The van der Waals surface area contributed by atoms with Gasteiger partial charge in [-0.2, -0.15) is 0 Å². The van der Waals surface area contributed by atoms with Crippen molar-refractivity contribution in [1.82, 2.24) is 14.0 Å². The fourth-order valence-electron chi connectivity index (χ4n) is 2.27. The van der Waals surface area contributed by atoms with E-state index in [-0.39, 0.29) is 25.5 Å². The van der Waals surface area contributed by atoms with Gasteiger partial charge in [-0.05, 0) is 19.8 Å². The fourth-order valence-corrected chi connectivity index (χ4v) is 2.27. The van der Waals surface area contributed by atoms with Crippen LogP contribution >= 0.6 is 0 Å². The molecule has 2 rings (SSSR count). The van der Waals surface area contributed by atoms with Gasteiger partial charge < -0.3 is 10.6 Å². The van der Waals surface area contributed by atoms with Crippen LogP contribution in [0.15, 0.2) is 21.9 Å². The molecule has 0 aromatic carbocycles. The van der Waals surface area contributed by atoms with Crippen molar-refractivity contribution in [2.45, 2.75) is 38.9 Å². The number of carbonyl (C=O) groups excluding carboxylic acids is 1. The lowest BCUT2D eigenvalue weighted by Gasteiger charge is -2.21. The van der Waals surface area contributed by atoms with Crippen molar-refractivity contribution >= 4 is 5.91 Å². The van der Waals surface area contributed by atoms with Gasteiger partial charge in [-0.15, -0.1) is 0 Å². The summed E-state index contributed by atoms with van der Waals surface area (Å²) in [5.41, 5.74) is 4.51. The predicted molar refractivity (Wildman–Crippen MR) is 74.4 cm³/mol. The minimum absolute atomic E-state index is 0.0337. The fraction of sp³-hybridized carbons (Fsp3) is 0.615. The number of aromatic nitrogens is 2. The van der Waals surface area contributed by atoms with Gasteiger partial charge in [0.05, 0.1) is 0 Å². The molecule has 1 aliphatic carbocycles. The molecule has 1 amide bonds. The molecule has 0 radical (unpaired) electrons. The van der Waals surface area contributed by atoms with Crippen molar-refractivity contribution in [3.8, 4) is 0 Å². The summed E-state index contributed by atoms with van der Waals surface area (Å²) in [7, 11) is 0. The molecular weight excluding hydrogens is 260 g/mol. The van der Waals surface area contributed by atoms with Crippen LogP contribution in [0.3, 0.4) is 0 Å². The zero-order valence-electron chi connectivity index (χ0n) is 11.6. The number of amides is 1. The van der Waals surface area contributed by atoms with Gasteiger partial charge >= 0.3 is 5.69 Å². The quantitative estimate of drug-likeness (QED) is 0.722. The highest BCUT2D eigenvalue weighted by atomic mass is 16.2. The van der Waals surface area contributed by atoms with Crippen molar-refractivity contribution in [2.75, 3.05) is 13.1 Å². The number of nitrogens with two attached hydrogens (primary N) is 1. The summed E-state index contributed by atoms with van der Waals surface area (Å²) in [5, 5.41) is 0. The molecule has 20 heavy (non-hydrogen) atoms. The standard InChI is InChI=1S/C13H20N4O3/c1-2-16(10-3-4-10)12(19)9-15-7-5-11(18)17(8-6-14)13(15)20/h5,7,10H,2-4,6,8-9,14H2,1H3. The Balaban J connectivity index is 2.21. The van der Waals surface area contributed by atoms with Gasteiger partial charge in [0.15, 0.2) is 0 Å². The highest BCUT2D eigenvalue weighted by Gasteiger charge is 2.31. The predicted octanol–water partition coefficient (Wildman–Crippen LogP) is -1.02. The van der Waals surface area contributed by atoms with E-state index in [0.29, 0.717) is 12.6 Å². The lowest BCUT2D eigenvalue weighted by molar-refractivity contribution is -0.132. The Morgan fingerprint density at radius 2 is 2.15 bits per heavy atom. The number of rotatable bonds is 6. The van der Waals surface area contributed by atoms with Crippen LogP contribution in [-0.4, -0.2) is 39.1 Å². The van der Waals surface area contributed by atoms with Gasteiger partial charge in [0.2, 0.25) is 5.91 Å². The molecule has 0 aliphatic heterocycles. The summed E-state index contributed by atoms with van der Waals surface area (Å²) in [4.78, 5) is 37.7. The third kappa shape index (κ3) is 2.98. The Hall–Kier alpha value is -1.89. The van der Waals surface area contributed by atoms with Crippen LogP contribution in [0.25, 0.3) is 0 Å². The van der Waals surface area contributed by atoms with Crippen LogP contribution in [0, 0.1) is 0 Å². The first kappa shape index (κ1) is 14.5. The van der Waals surface area contributed by atoms with Gasteiger partial charge in [-0.1, -0.05) is 0 Å². The molecule has 0 spiro atoms. The van der Waals surface area contributed by atoms with Crippen LogP contribution in [0.4, 0.5) is 0 Å². The maximum Gasteiger partial charge on any atom is 0.331 e. The van der Waals surface area contributed by atoms with E-state index in [2.05, 4.69) is 0 Å². The van der Waals surface area contributed by atoms with E-state index in [0.717, 1.165) is 17.4 Å². The van der Waals surface area contributed by atoms with Crippen LogP contribution in [0.2, 0.25) is 0 Å². The smallest absolute Gasteiger partial charge is 0.331 e. The molecular formula is C13H20N4O3. The number of carbonyl (C=O) groups is 1. The van der Waals surface area contributed by atoms with Crippen molar-refractivity contribution in [3.05, 3.63) is 33.1 Å². The molecule has 1 heterocycles. The highest BCUT2D eigenvalue weighted by Crippen LogP contribution is 2.26. The number of hydrogen-bond acceptors (Lipinski definition) is 4. The van der Waals surface area contributed by atoms with E-state index in [1.807, 2.05) is 6.92 Å². The minimum Gasteiger partial charge on any atom is -0.338 e. The summed E-state index contributed by atoms with van der Waals surface area (Å²) in [6.45, 7) is 2.89. The van der Waals surface area contributed by atoms with Gasteiger partial charge in [0.25, 0.3) is 5.56 Å². The average molecular weight is 280 g/mol. The zero-order valence-corrected chi connectivity index (χ0v) is 11.6. The molecule has 0 atom stereocenters. The summed E-state index contributed by atoms with van der Waals surface area (Å²) in [6, 6.07) is 1.61. The molecule has 1 aromatic heterocycles. The van der Waals surface area contributed by atoms with E-state index in [4.69, 9.17) is 5.73 Å². The zero-order chi connectivity index (χ0) is 14.7. The van der Waals surface area contributed by atoms with Crippen LogP contribution in [0.1, 0.15) is 19.8 Å². The maximum atomic E-state index is 12.2. The van der Waals surface area contributed by atoms with Gasteiger partial charge in [0.1, 0.15) is 6.54 Å². The monoisotopic (exact) mass is 280 g/mol. The van der Waals surface area contributed by atoms with Crippen LogP contribution in [-0.2, 0) is 17.9 Å². The SMILES string of the molecule is CCN(C(=O)Cn1ccc(=O)n(CCN)c1=O)C1CC1. The van der Waals surface area contributed by atoms with Crippen molar-refractivity contribution < 1.29 is 4.79 Å². The van der Waals surface area contributed by atoms with E-state index in [1.54, 1.807) is 4.90 Å². The molecule has 0 bridgehead atoms. The molecule has 1 saturated carbocycles. The summed E-state index contributed by atoms with van der Waals surface area (Å²) >= 11 is 0. The molecule has 7 nitrogen and oxygen atoms in total. The molecule has 0 saturated heterocycles. The number of likely N-dealkylation sites (N-methyl/N-ethyl adjacent to an activating group) is 1. The number of nitrogens with zero attached hydrogens (tertiary/aromatic N) is 3. The third-order valence-electron chi connectivity index (χ3n) is 3.45. The van der Waals surface area contributed by atoms with Crippen molar-refractivity contribution in [3.63, 3.8) is 0 Å². The minimum atomic E-state index is -0.483. The van der Waals surface area contributed by atoms with Gasteiger partial charge in [-0.3, -0.25) is 18.7 Å². The summed E-state index contributed by atoms with van der Waals surface area (Å²) in [5.74, 6) is -0.0879. The topological polar surface area (TPSA) is 90.3 Å². The second-order valence-corrected chi connectivity index (χ2v) is 4.92. The van der Waals surface area contributed by atoms with Crippen LogP contribution in [0.5, 0.6) is 0 Å².